The highest BCUT2D eigenvalue weighted by Crippen LogP contribution is 2.33. The molecule has 0 aromatic heterocycles. The van der Waals surface area contributed by atoms with Crippen LogP contribution in [0.25, 0.3) is 11.1 Å². The standard InChI is InChI=1S/C20H25NO2S/c1-15(2)17-6-4-7-18(14-17)16-8-10-19(11-9-16)24(22,23)21-20(3)12-5-13-20/h4,6-11,14-15,21H,5,12-13H2,1-3H3. The van der Waals surface area contributed by atoms with Crippen molar-refractivity contribution in [3.8, 4) is 11.1 Å². The molecule has 3 nitrogen and oxygen atoms in total. The van der Waals surface area contributed by atoms with E-state index in [1.807, 2.05) is 25.1 Å². The first-order chi connectivity index (χ1) is 11.3. The highest BCUT2D eigenvalue weighted by Gasteiger charge is 2.36. The first-order valence-electron chi connectivity index (χ1n) is 8.53. The van der Waals surface area contributed by atoms with Crippen molar-refractivity contribution in [2.24, 2.45) is 0 Å². The normalized spacial score (nSPS) is 16.8. The summed E-state index contributed by atoms with van der Waals surface area (Å²) in [5.41, 5.74) is 3.16. The summed E-state index contributed by atoms with van der Waals surface area (Å²) in [4.78, 5) is 0.333. The lowest BCUT2D eigenvalue weighted by atomic mass is 9.80. The third-order valence-corrected chi connectivity index (χ3v) is 6.54. The highest BCUT2D eigenvalue weighted by molar-refractivity contribution is 7.89. The van der Waals surface area contributed by atoms with Gasteiger partial charge in [0, 0.05) is 5.54 Å². The van der Waals surface area contributed by atoms with Crippen molar-refractivity contribution < 1.29 is 8.42 Å². The summed E-state index contributed by atoms with van der Waals surface area (Å²) in [7, 11) is -3.45. The van der Waals surface area contributed by atoms with Crippen LogP contribution in [0.1, 0.15) is 51.5 Å². The Balaban J connectivity index is 1.84. The van der Waals surface area contributed by atoms with Gasteiger partial charge in [0.05, 0.1) is 4.90 Å². The monoisotopic (exact) mass is 343 g/mol. The molecular weight excluding hydrogens is 318 g/mol. The van der Waals surface area contributed by atoms with Crippen LogP contribution in [-0.2, 0) is 10.0 Å². The fourth-order valence-electron chi connectivity index (χ4n) is 3.10. The van der Waals surface area contributed by atoms with E-state index in [0.717, 1.165) is 30.4 Å². The number of hydrogen-bond acceptors (Lipinski definition) is 2. The number of rotatable bonds is 5. The van der Waals surface area contributed by atoms with E-state index in [1.54, 1.807) is 12.1 Å². The Hall–Kier alpha value is -1.65. The Bertz CT molecular complexity index is 819. The molecule has 0 amide bonds. The van der Waals surface area contributed by atoms with Gasteiger partial charge in [-0.2, -0.15) is 0 Å². The van der Waals surface area contributed by atoms with Gasteiger partial charge in [-0.3, -0.25) is 0 Å². The molecule has 2 aromatic rings. The zero-order chi connectivity index (χ0) is 17.4. The van der Waals surface area contributed by atoms with Gasteiger partial charge in [0.1, 0.15) is 0 Å². The molecule has 0 heterocycles. The Labute approximate surface area is 145 Å². The highest BCUT2D eigenvalue weighted by atomic mass is 32.2. The summed E-state index contributed by atoms with van der Waals surface area (Å²) in [6, 6.07) is 15.6. The van der Waals surface area contributed by atoms with E-state index < -0.39 is 10.0 Å². The maximum absolute atomic E-state index is 12.5. The molecule has 2 aromatic carbocycles. The van der Waals surface area contributed by atoms with Crippen molar-refractivity contribution in [1.29, 1.82) is 0 Å². The molecule has 0 bridgehead atoms. The second-order valence-electron chi connectivity index (χ2n) is 7.32. The predicted octanol–water partition coefficient (Wildman–Crippen LogP) is 4.70. The summed E-state index contributed by atoms with van der Waals surface area (Å²) < 4.78 is 27.9. The molecule has 0 spiro atoms. The number of benzene rings is 2. The van der Waals surface area contributed by atoms with Crippen LogP contribution in [0.5, 0.6) is 0 Å². The zero-order valence-electron chi connectivity index (χ0n) is 14.5. The SMILES string of the molecule is CC(C)c1cccc(-c2ccc(S(=O)(=O)NC3(C)CCC3)cc2)c1. The van der Waals surface area contributed by atoms with Crippen LogP contribution in [0.15, 0.2) is 53.4 Å². The molecule has 0 radical (unpaired) electrons. The Morgan fingerprint density at radius 1 is 1.00 bits per heavy atom. The molecule has 1 aliphatic rings. The van der Waals surface area contributed by atoms with Crippen LogP contribution < -0.4 is 4.72 Å². The third-order valence-electron chi connectivity index (χ3n) is 4.89. The number of sulfonamides is 1. The van der Waals surface area contributed by atoms with Gasteiger partial charge >= 0.3 is 0 Å². The summed E-state index contributed by atoms with van der Waals surface area (Å²) in [6.45, 7) is 6.31. The molecule has 3 rings (SSSR count). The topological polar surface area (TPSA) is 46.2 Å². The first kappa shape index (κ1) is 17.2. The van der Waals surface area contributed by atoms with Crippen LogP contribution in [0.2, 0.25) is 0 Å². The van der Waals surface area contributed by atoms with Gasteiger partial charge in [-0.05, 0) is 60.9 Å². The van der Waals surface area contributed by atoms with Crippen molar-refractivity contribution in [3.63, 3.8) is 0 Å². The molecule has 0 aliphatic heterocycles. The average molecular weight is 343 g/mol. The van der Waals surface area contributed by atoms with Crippen LogP contribution in [0, 0.1) is 0 Å². The molecule has 1 fully saturated rings. The lowest BCUT2D eigenvalue weighted by Gasteiger charge is -2.38. The first-order valence-corrected chi connectivity index (χ1v) is 10.0. The van der Waals surface area contributed by atoms with Crippen molar-refractivity contribution in [2.45, 2.75) is 56.4 Å². The van der Waals surface area contributed by atoms with Gasteiger partial charge in [-0.1, -0.05) is 50.2 Å². The second kappa shape index (κ2) is 6.34. The molecule has 1 aliphatic carbocycles. The van der Waals surface area contributed by atoms with Crippen molar-refractivity contribution in [2.75, 3.05) is 0 Å². The third kappa shape index (κ3) is 3.55. The van der Waals surface area contributed by atoms with Gasteiger partial charge in [-0.15, -0.1) is 0 Å². The van der Waals surface area contributed by atoms with Gasteiger partial charge in [0.2, 0.25) is 10.0 Å². The van der Waals surface area contributed by atoms with Gasteiger partial charge in [-0.25, -0.2) is 13.1 Å². The minimum absolute atomic E-state index is 0.275. The van der Waals surface area contributed by atoms with Crippen LogP contribution >= 0.6 is 0 Å². The van der Waals surface area contributed by atoms with Gasteiger partial charge in [0.25, 0.3) is 0 Å². The molecule has 0 saturated heterocycles. The molecule has 0 unspecified atom stereocenters. The second-order valence-corrected chi connectivity index (χ2v) is 9.01. The Morgan fingerprint density at radius 3 is 2.21 bits per heavy atom. The van der Waals surface area contributed by atoms with E-state index in [1.165, 1.54) is 5.56 Å². The number of nitrogens with one attached hydrogen (secondary N) is 1. The summed E-state index contributed by atoms with van der Waals surface area (Å²) >= 11 is 0. The lowest BCUT2D eigenvalue weighted by Crippen LogP contribution is -2.50. The smallest absolute Gasteiger partial charge is 0.207 e. The molecule has 1 N–H and O–H groups in total. The zero-order valence-corrected chi connectivity index (χ0v) is 15.4. The van der Waals surface area contributed by atoms with Crippen molar-refractivity contribution in [1.82, 2.24) is 4.72 Å². The van der Waals surface area contributed by atoms with Crippen LogP contribution in [0.4, 0.5) is 0 Å². The van der Waals surface area contributed by atoms with E-state index in [-0.39, 0.29) is 5.54 Å². The molecule has 4 heteroatoms. The van der Waals surface area contributed by atoms with E-state index in [2.05, 4.69) is 36.8 Å². The molecule has 0 atom stereocenters. The summed E-state index contributed by atoms with van der Waals surface area (Å²) in [5, 5.41) is 0. The predicted molar refractivity (Wildman–Crippen MR) is 98.5 cm³/mol. The Morgan fingerprint density at radius 2 is 1.67 bits per heavy atom. The van der Waals surface area contributed by atoms with Crippen molar-refractivity contribution in [3.05, 3.63) is 54.1 Å². The van der Waals surface area contributed by atoms with E-state index in [9.17, 15) is 8.42 Å². The minimum atomic E-state index is -3.45. The largest absolute Gasteiger partial charge is 0.241 e. The number of hydrogen-bond donors (Lipinski definition) is 1. The maximum Gasteiger partial charge on any atom is 0.241 e. The van der Waals surface area contributed by atoms with Gasteiger partial charge in [0.15, 0.2) is 0 Å². The summed E-state index contributed by atoms with van der Waals surface area (Å²) in [6.07, 6.45) is 2.91. The van der Waals surface area contributed by atoms with Crippen molar-refractivity contribution >= 4 is 10.0 Å². The molecule has 1 saturated carbocycles. The summed E-state index contributed by atoms with van der Waals surface area (Å²) in [5.74, 6) is 0.469. The van der Waals surface area contributed by atoms with Gasteiger partial charge < -0.3 is 0 Å². The molecule has 128 valence electrons. The fraction of sp³-hybridized carbons (Fsp3) is 0.400. The van der Waals surface area contributed by atoms with E-state index >= 15 is 0 Å². The quantitative estimate of drug-likeness (QED) is 0.855. The molecule has 24 heavy (non-hydrogen) atoms. The van der Waals surface area contributed by atoms with Crippen LogP contribution in [0.3, 0.4) is 0 Å². The van der Waals surface area contributed by atoms with Crippen LogP contribution in [-0.4, -0.2) is 14.0 Å². The fourth-order valence-corrected chi connectivity index (χ4v) is 4.56. The van der Waals surface area contributed by atoms with E-state index in [0.29, 0.717) is 10.8 Å². The molecular formula is C20H25NO2S. The average Bonchev–Trinajstić information content (AvgIpc) is 2.53. The lowest BCUT2D eigenvalue weighted by molar-refractivity contribution is 0.248. The maximum atomic E-state index is 12.5. The minimum Gasteiger partial charge on any atom is -0.207 e. The van der Waals surface area contributed by atoms with E-state index in [4.69, 9.17) is 0 Å². The Kier molecular flexibility index (Phi) is 4.54.